The van der Waals surface area contributed by atoms with Crippen molar-refractivity contribution >= 4 is 22.4 Å². The Labute approximate surface area is 125 Å². The molecule has 0 amide bonds. The van der Waals surface area contributed by atoms with Gasteiger partial charge in [0.15, 0.2) is 5.65 Å². The van der Waals surface area contributed by atoms with Crippen LogP contribution in [0.3, 0.4) is 0 Å². The maximum atomic E-state index is 12.2. The molecule has 0 bridgehead atoms. The van der Waals surface area contributed by atoms with E-state index in [1.807, 2.05) is 6.07 Å². The number of nitrogens with one attached hydrogen (secondary N) is 1. The monoisotopic (exact) mass is 304 g/mol. The second-order valence-electron chi connectivity index (χ2n) is 4.81. The molecule has 0 fully saturated rings. The van der Waals surface area contributed by atoms with Gasteiger partial charge in [-0.3, -0.25) is 4.79 Å². The molecule has 7 nitrogen and oxygen atoms in total. The standard InChI is InChI=1S/C13H16N6OS/c1-9(11-4-3-7-21-11)14-5-6-19-13(20)10-8-15-18(2)12(10)16-17-19/h3-4,7-9,14H,5-6H2,1-2H3. The highest BCUT2D eigenvalue weighted by atomic mass is 32.1. The number of hydrogen-bond donors (Lipinski definition) is 1. The minimum absolute atomic E-state index is 0.154. The second-order valence-corrected chi connectivity index (χ2v) is 5.79. The summed E-state index contributed by atoms with van der Waals surface area (Å²) < 4.78 is 2.92. The van der Waals surface area contributed by atoms with E-state index in [0.717, 1.165) is 0 Å². The fourth-order valence-corrected chi connectivity index (χ4v) is 2.91. The van der Waals surface area contributed by atoms with Crippen LogP contribution >= 0.6 is 11.3 Å². The summed E-state index contributed by atoms with van der Waals surface area (Å²) >= 11 is 1.72. The molecule has 8 heteroatoms. The molecule has 110 valence electrons. The Kier molecular flexibility index (Phi) is 3.80. The fourth-order valence-electron chi connectivity index (χ4n) is 2.15. The first kappa shape index (κ1) is 13.9. The molecular weight excluding hydrogens is 288 g/mol. The highest BCUT2D eigenvalue weighted by molar-refractivity contribution is 7.10. The van der Waals surface area contributed by atoms with Crippen molar-refractivity contribution in [2.45, 2.75) is 19.5 Å². The van der Waals surface area contributed by atoms with Gasteiger partial charge in [0.1, 0.15) is 5.39 Å². The molecule has 0 radical (unpaired) electrons. The van der Waals surface area contributed by atoms with Gasteiger partial charge < -0.3 is 5.32 Å². The number of hydrogen-bond acceptors (Lipinski definition) is 6. The molecule has 0 aromatic carbocycles. The summed E-state index contributed by atoms with van der Waals surface area (Å²) in [5.41, 5.74) is 0.356. The Hall–Kier alpha value is -2.06. The Morgan fingerprint density at radius 2 is 2.33 bits per heavy atom. The molecular formula is C13H16N6OS. The second kappa shape index (κ2) is 5.74. The predicted octanol–water partition coefficient (Wildman–Crippen LogP) is 0.937. The zero-order valence-electron chi connectivity index (χ0n) is 11.9. The van der Waals surface area contributed by atoms with E-state index in [4.69, 9.17) is 0 Å². The lowest BCUT2D eigenvalue weighted by molar-refractivity contribution is 0.483. The molecule has 0 aliphatic rings. The number of rotatable bonds is 5. The molecule has 0 aliphatic carbocycles. The molecule has 0 saturated carbocycles. The Balaban J connectivity index is 1.68. The summed E-state index contributed by atoms with van der Waals surface area (Å²) in [4.78, 5) is 13.5. The van der Waals surface area contributed by atoms with Crippen molar-refractivity contribution in [3.8, 4) is 0 Å². The number of aromatic nitrogens is 5. The third-order valence-electron chi connectivity index (χ3n) is 3.36. The van der Waals surface area contributed by atoms with Gasteiger partial charge in [0.05, 0.1) is 12.7 Å². The van der Waals surface area contributed by atoms with Crippen LogP contribution in [0.4, 0.5) is 0 Å². The van der Waals surface area contributed by atoms with E-state index in [1.54, 1.807) is 23.1 Å². The SMILES string of the molecule is CC(NCCn1nnc2c(cnn2C)c1=O)c1cccs1. The first-order valence-corrected chi connectivity index (χ1v) is 7.57. The van der Waals surface area contributed by atoms with E-state index >= 15 is 0 Å². The van der Waals surface area contributed by atoms with Crippen molar-refractivity contribution in [1.82, 2.24) is 30.1 Å². The van der Waals surface area contributed by atoms with Crippen molar-refractivity contribution in [2.75, 3.05) is 6.54 Å². The molecule has 0 saturated heterocycles. The van der Waals surface area contributed by atoms with Gasteiger partial charge in [0.2, 0.25) is 0 Å². The third-order valence-corrected chi connectivity index (χ3v) is 4.42. The molecule has 3 aromatic rings. The Bertz CT molecular complexity index is 791. The molecule has 1 unspecified atom stereocenters. The van der Waals surface area contributed by atoms with E-state index in [2.05, 4.69) is 39.1 Å². The fraction of sp³-hybridized carbons (Fsp3) is 0.385. The van der Waals surface area contributed by atoms with Crippen LogP contribution in [0.25, 0.3) is 11.0 Å². The van der Waals surface area contributed by atoms with Crippen LogP contribution in [0.15, 0.2) is 28.5 Å². The van der Waals surface area contributed by atoms with Gasteiger partial charge in [-0.1, -0.05) is 11.3 Å². The van der Waals surface area contributed by atoms with Crippen LogP contribution in [-0.2, 0) is 13.6 Å². The van der Waals surface area contributed by atoms with Crippen molar-refractivity contribution in [3.05, 3.63) is 38.9 Å². The third kappa shape index (κ3) is 2.72. The number of fused-ring (bicyclic) bond motifs is 1. The largest absolute Gasteiger partial charge is 0.308 e. The van der Waals surface area contributed by atoms with Gasteiger partial charge >= 0.3 is 0 Å². The van der Waals surface area contributed by atoms with Crippen molar-refractivity contribution in [1.29, 1.82) is 0 Å². The van der Waals surface area contributed by atoms with E-state index in [1.165, 1.54) is 15.8 Å². The average molecular weight is 304 g/mol. The lowest BCUT2D eigenvalue weighted by Crippen LogP contribution is -2.30. The van der Waals surface area contributed by atoms with E-state index in [9.17, 15) is 4.79 Å². The molecule has 21 heavy (non-hydrogen) atoms. The molecule has 3 rings (SSSR count). The topological polar surface area (TPSA) is 77.6 Å². The lowest BCUT2D eigenvalue weighted by atomic mass is 10.3. The van der Waals surface area contributed by atoms with E-state index in [0.29, 0.717) is 24.1 Å². The Morgan fingerprint density at radius 3 is 3.10 bits per heavy atom. The Morgan fingerprint density at radius 1 is 1.48 bits per heavy atom. The number of aryl methyl sites for hydroxylation is 1. The molecule has 1 atom stereocenters. The molecule has 0 aliphatic heterocycles. The summed E-state index contributed by atoms with van der Waals surface area (Å²) in [6.07, 6.45) is 1.53. The first-order chi connectivity index (χ1) is 10.2. The summed E-state index contributed by atoms with van der Waals surface area (Å²) in [5, 5.41) is 17.9. The zero-order valence-corrected chi connectivity index (χ0v) is 12.7. The van der Waals surface area contributed by atoms with Crippen molar-refractivity contribution < 1.29 is 0 Å². The minimum atomic E-state index is -0.154. The van der Waals surface area contributed by atoms with Gasteiger partial charge in [-0.05, 0) is 18.4 Å². The minimum Gasteiger partial charge on any atom is -0.308 e. The lowest BCUT2D eigenvalue weighted by Gasteiger charge is -2.12. The van der Waals surface area contributed by atoms with Crippen molar-refractivity contribution in [2.24, 2.45) is 7.05 Å². The van der Waals surface area contributed by atoms with Crippen LogP contribution in [0.1, 0.15) is 17.8 Å². The first-order valence-electron chi connectivity index (χ1n) is 6.69. The smallest absolute Gasteiger partial charge is 0.280 e. The summed E-state index contributed by atoms with van der Waals surface area (Å²) in [6, 6.07) is 4.39. The molecule has 1 N–H and O–H groups in total. The van der Waals surface area contributed by atoms with Crippen LogP contribution < -0.4 is 10.9 Å². The maximum Gasteiger partial charge on any atom is 0.280 e. The summed E-state index contributed by atoms with van der Waals surface area (Å²) in [5.74, 6) is 0. The summed E-state index contributed by atoms with van der Waals surface area (Å²) in [7, 11) is 1.74. The summed E-state index contributed by atoms with van der Waals surface area (Å²) in [6.45, 7) is 3.23. The van der Waals surface area contributed by atoms with E-state index < -0.39 is 0 Å². The van der Waals surface area contributed by atoms with E-state index in [-0.39, 0.29) is 11.6 Å². The maximum absolute atomic E-state index is 12.2. The highest BCUT2D eigenvalue weighted by Gasteiger charge is 2.10. The quantitative estimate of drug-likeness (QED) is 0.759. The van der Waals surface area contributed by atoms with Gasteiger partial charge in [0.25, 0.3) is 5.56 Å². The van der Waals surface area contributed by atoms with Crippen molar-refractivity contribution in [3.63, 3.8) is 0 Å². The number of nitrogens with zero attached hydrogens (tertiary/aromatic N) is 5. The van der Waals surface area contributed by atoms with Gasteiger partial charge in [-0.15, -0.1) is 16.4 Å². The van der Waals surface area contributed by atoms with Crippen LogP contribution in [0.5, 0.6) is 0 Å². The van der Waals surface area contributed by atoms with Crippen LogP contribution in [-0.4, -0.2) is 31.3 Å². The molecule has 3 aromatic heterocycles. The van der Waals surface area contributed by atoms with Gasteiger partial charge in [-0.25, -0.2) is 9.36 Å². The van der Waals surface area contributed by atoms with Gasteiger partial charge in [0, 0.05) is 24.5 Å². The predicted molar refractivity (Wildman–Crippen MR) is 81.3 cm³/mol. The molecule has 3 heterocycles. The van der Waals surface area contributed by atoms with Crippen LogP contribution in [0.2, 0.25) is 0 Å². The normalized spacial score (nSPS) is 12.9. The zero-order chi connectivity index (χ0) is 14.8. The number of thiophene rings is 1. The van der Waals surface area contributed by atoms with Crippen LogP contribution in [0, 0.1) is 0 Å². The van der Waals surface area contributed by atoms with Gasteiger partial charge in [-0.2, -0.15) is 5.10 Å². The highest BCUT2D eigenvalue weighted by Crippen LogP contribution is 2.17. The average Bonchev–Trinajstić information content (AvgIpc) is 3.12. The molecule has 0 spiro atoms.